The van der Waals surface area contributed by atoms with Gasteiger partial charge in [0, 0.05) is 19.0 Å². The lowest BCUT2D eigenvalue weighted by Crippen LogP contribution is -2.41. The van der Waals surface area contributed by atoms with E-state index in [-0.39, 0.29) is 23.1 Å². The van der Waals surface area contributed by atoms with Gasteiger partial charge in [0.05, 0.1) is 11.6 Å². The first kappa shape index (κ1) is 20.4. The van der Waals surface area contributed by atoms with E-state index in [9.17, 15) is 13.6 Å². The summed E-state index contributed by atoms with van der Waals surface area (Å²) in [6.07, 6.45) is -0.847. The number of nitrogens with zero attached hydrogens (tertiary/aromatic N) is 1. The second-order valence-corrected chi connectivity index (χ2v) is 6.69. The average molecular weight is 372 g/mol. The maximum Gasteiger partial charge on any atom is 0.271 e. The van der Waals surface area contributed by atoms with E-state index in [0.717, 1.165) is 18.6 Å². The van der Waals surface area contributed by atoms with Crippen molar-refractivity contribution < 1.29 is 18.3 Å². The highest BCUT2D eigenvalue weighted by molar-refractivity contribution is 5.81. The third-order valence-electron chi connectivity index (χ3n) is 4.02. The van der Waals surface area contributed by atoms with Crippen molar-refractivity contribution in [1.29, 1.82) is 5.26 Å². The van der Waals surface area contributed by atoms with E-state index in [4.69, 9.17) is 10.00 Å². The first-order valence-corrected chi connectivity index (χ1v) is 8.63. The molecule has 0 saturated carbocycles. The lowest BCUT2D eigenvalue weighted by molar-refractivity contribution is -0.130. The molecule has 27 heavy (non-hydrogen) atoms. The van der Waals surface area contributed by atoms with Gasteiger partial charge < -0.3 is 10.1 Å². The highest BCUT2D eigenvalue weighted by Crippen LogP contribution is 2.33. The molecule has 0 aliphatic heterocycles. The van der Waals surface area contributed by atoms with Gasteiger partial charge in [-0.1, -0.05) is 44.2 Å². The lowest BCUT2D eigenvalue weighted by Gasteiger charge is -2.23. The third-order valence-corrected chi connectivity index (χ3v) is 4.02. The van der Waals surface area contributed by atoms with Crippen LogP contribution in [0.15, 0.2) is 48.5 Å². The summed E-state index contributed by atoms with van der Waals surface area (Å²) in [7, 11) is 0. The molecule has 142 valence electrons. The molecule has 0 saturated heterocycles. The second kappa shape index (κ2) is 8.63. The molecule has 0 spiro atoms. The van der Waals surface area contributed by atoms with Crippen molar-refractivity contribution in [3.63, 3.8) is 0 Å². The first-order valence-electron chi connectivity index (χ1n) is 8.63. The minimum Gasteiger partial charge on any atom is -0.480 e. The molecule has 0 bridgehead atoms. The van der Waals surface area contributed by atoms with Crippen molar-refractivity contribution in [2.75, 3.05) is 0 Å². The molecule has 1 N–H and O–H groups in total. The number of alkyl halides is 2. The molecular formula is C21H22F2N2O2. The quantitative estimate of drug-likeness (QED) is 0.784. The summed E-state index contributed by atoms with van der Waals surface area (Å²) in [5.41, 5.74) is 0.402. The molecule has 0 heterocycles. The average Bonchev–Trinajstić information content (AvgIpc) is 2.64. The maximum absolute atomic E-state index is 13.8. The molecule has 4 nitrogen and oxygen atoms in total. The number of carbonyl (C=O) groups excluding carboxylic acids is 1. The Hall–Kier alpha value is -2.94. The van der Waals surface area contributed by atoms with Crippen molar-refractivity contribution >= 4 is 5.91 Å². The van der Waals surface area contributed by atoms with E-state index >= 15 is 0 Å². The molecule has 0 fully saturated rings. The number of hydrogen-bond acceptors (Lipinski definition) is 3. The van der Waals surface area contributed by atoms with Crippen molar-refractivity contribution in [2.24, 2.45) is 5.92 Å². The Morgan fingerprint density at radius 3 is 2.44 bits per heavy atom. The lowest BCUT2D eigenvalue weighted by atomic mass is 10.0. The number of amides is 1. The zero-order chi connectivity index (χ0) is 20.0. The van der Waals surface area contributed by atoms with Gasteiger partial charge in [-0.25, -0.2) is 8.78 Å². The fraction of sp³-hybridized carbons (Fsp3) is 0.333. The molecule has 1 unspecified atom stereocenters. The summed E-state index contributed by atoms with van der Waals surface area (Å²) < 4.78 is 33.2. The van der Waals surface area contributed by atoms with Gasteiger partial charge in [0.1, 0.15) is 5.75 Å². The van der Waals surface area contributed by atoms with Gasteiger partial charge >= 0.3 is 0 Å². The summed E-state index contributed by atoms with van der Waals surface area (Å²) in [6.45, 7) is 4.69. The largest absolute Gasteiger partial charge is 0.480 e. The Bertz CT molecular complexity index is 824. The molecule has 2 aromatic rings. The molecule has 0 aliphatic rings. The van der Waals surface area contributed by atoms with Crippen LogP contribution in [0.1, 0.15) is 37.5 Å². The summed E-state index contributed by atoms with van der Waals surface area (Å²) >= 11 is 0. The Kier molecular flexibility index (Phi) is 6.51. The third kappa shape index (κ3) is 5.52. The molecule has 1 atom stereocenters. The number of ether oxygens (including phenoxy) is 1. The minimum absolute atomic E-state index is 0.121. The topological polar surface area (TPSA) is 62.1 Å². The summed E-state index contributed by atoms with van der Waals surface area (Å²) in [5.74, 6) is -3.57. The zero-order valence-electron chi connectivity index (χ0n) is 15.5. The first-order chi connectivity index (χ1) is 12.7. The smallest absolute Gasteiger partial charge is 0.271 e. The molecule has 0 aromatic heterocycles. The maximum atomic E-state index is 13.8. The van der Waals surface area contributed by atoms with E-state index in [1.807, 2.05) is 44.2 Å². The van der Waals surface area contributed by atoms with Gasteiger partial charge in [0.25, 0.3) is 11.8 Å². The molecule has 2 aromatic carbocycles. The number of rotatable bonds is 7. The summed E-state index contributed by atoms with van der Waals surface area (Å²) in [4.78, 5) is 12.5. The predicted molar refractivity (Wildman–Crippen MR) is 98.3 cm³/mol. The summed E-state index contributed by atoms with van der Waals surface area (Å²) in [5, 5.41) is 11.8. The SMILES string of the molecule is CC(C)C(Oc1ccc(C#N)c(C(C)(F)F)c1)C(=O)NCc1ccccc1. The van der Waals surface area contributed by atoms with E-state index in [2.05, 4.69) is 5.32 Å². The number of hydrogen-bond donors (Lipinski definition) is 1. The highest BCUT2D eigenvalue weighted by atomic mass is 19.3. The van der Waals surface area contributed by atoms with Crippen molar-refractivity contribution in [2.45, 2.75) is 39.3 Å². The van der Waals surface area contributed by atoms with Gasteiger partial charge in [0.2, 0.25) is 0 Å². The van der Waals surface area contributed by atoms with Gasteiger partial charge in [-0.3, -0.25) is 4.79 Å². The Labute approximate surface area is 157 Å². The Morgan fingerprint density at radius 2 is 1.89 bits per heavy atom. The van der Waals surface area contributed by atoms with E-state index in [0.29, 0.717) is 6.54 Å². The van der Waals surface area contributed by atoms with Crippen LogP contribution in [0, 0.1) is 17.2 Å². The van der Waals surface area contributed by atoms with E-state index in [1.165, 1.54) is 12.1 Å². The van der Waals surface area contributed by atoms with Gasteiger partial charge in [-0.2, -0.15) is 5.26 Å². The number of nitrogens with one attached hydrogen (secondary N) is 1. The van der Waals surface area contributed by atoms with Crippen LogP contribution in [-0.2, 0) is 17.3 Å². The number of nitriles is 1. The monoisotopic (exact) mass is 372 g/mol. The second-order valence-electron chi connectivity index (χ2n) is 6.69. The van der Waals surface area contributed by atoms with Crippen molar-refractivity contribution in [3.05, 3.63) is 65.2 Å². The van der Waals surface area contributed by atoms with Gasteiger partial charge in [-0.15, -0.1) is 0 Å². The normalized spacial score (nSPS) is 12.3. The zero-order valence-corrected chi connectivity index (χ0v) is 15.5. The minimum atomic E-state index is -3.19. The Balaban J connectivity index is 2.16. The molecular weight excluding hydrogens is 350 g/mol. The molecule has 6 heteroatoms. The van der Waals surface area contributed by atoms with E-state index < -0.39 is 17.6 Å². The number of carbonyl (C=O) groups is 1. The molecule has 0 aliphatic carbocycles. The van der Waals surface area contributed by atoms with Gasteiger partial charge in [0.15, 0.2) is 6.10 Å². The standard InChI is InChI=1S/C21H22F2N2O2/c1-14(2)19(20(26)25-13-15-7-5-4-6-8-15)27-17-10-9-16(12-24)18(11-17)21(3,22)23/h4-11,14,19H,13H2,1-3H3,(H,25,26). The van der Waals surface area contributed by atoms with Crippen LogP contribution in [-0.4, -0.2) is 12.0 Å². The van der Waals surface area contributed by atoms with Gasteiger partial charge in [-0.05, 0) is 29.7 Å². The fourth-order valence-electron chi connectivity index (χ4n) is 2.58. The van der Waals surface area contributed by atoms with Crippen LogP contribution < -0.4 is 10.1 Å². The van der Waals surface area contributed by atoms with Crippen LogP contribution in [0.25, 0.3) is 0 Å². The van der Waals surface area contributed by atoms with Crippen LogP contribution >= 0.6 is 0 Å². The van der Waals surface area contributed by atoms with Crippen molar-refractivity contribution in [3.8, 4) is 11.8 Å². The summed E-state index contributed by atoms with van der Waals surface area (Å²) in [6, 6.07) is 15.0. The molecule has 1 amide bonds. The van der Waals surface area contributed by atoms with Crippen LogP contribution in [0.3, 0.4) is 0 Å². The van der Waals surface area contributed by atoms with Crippen LogP contribution in [0.2, 0.25) is 0 Å². The highest BCUT2D eigenvalue weighted by Gasteiger charge is 2.30. The molecule has 2 rings (SSSR count). The number of benzene rings is 2. The Morgan fingerprint density at radius 1 is 1.22 bits per heavy atom. The number of halogens is 2. The fourth-order valence-corrected chi connectivity index (χ4v) is 2.58. The van der Waals surface area contributed by atoms with E-state index in [1.54, 1.807) is 6.07 Å². The molecule has 0 radical (unpaired) electrons. The van der Waals surface area contributed by atoms with Crippen LogP contribution in [0.5, 0.6) is 5.75 Å². The predicted octanol–water partition coefficient (Wildman–Crippen LogP) is 4.39. The van der Waals surface area contributed by atoms with Crippen LogP contribution in [0.4, 0.5) is 8.78 Å². The van der Waals surface area contributed by atoms with Crippen molar-refractivity contribution in [1.82, 2.24) is 5.32 Å².